The average Bonchev–Trinajstić information content (AvgIpc) is 2.81. The van der Waals surface area contributed by atoms with Crippen LogP contribution in [-0.4, -0.2) is 14.3 Å². The number of amides is 1. The highest BCUT2D eigenvalue weighted by Crippen LogP contribution is 2.26. The Labute approximate surface area is 119 Å². The second-order valence-electron chi connectivity index (χ2n) is 3.87. The van der Waals surface area contributed by atoms with Crippen LogP contribution in [0.5, 0.6) is 0 Å². The molecule has 0 saturated carbocycles. The van der Waals surface area contributed by atoms with Gasteiger partial charge >= 0.3 is 0 Å². The van der Waals surface area contributed by atoms with Crippen LogP contribution < -0.4 is 5.32 Å². The molecule has 19 heavy (non-hydrogen) atoms. The van der Waals surface area contributed by atoms with Gasteiger partial charge in [-0.1, -0.05) is 17.7 Å². The molecule has 2 rings (SSSR count). The lowest BCUT2D eigenvalue weighted by Gasteiger charge is -2.05. The smallest absolute Gasteiger partial charge is 0.267 e. The molecular weight excluding hydrogens is 306 g/mol. The maximum absolute atomic E-state index is 12.0. The highest BCUT2D eigenvalue weighted by atomic mass is 35.7. The maximum Gasteiger partial charge on any atom is 0.267 e. The number of anilines is 1. The lowest BCUT2D eigenvalue weighted by Crippen LogP contribution is -2.12. The van der Waals surface area contributed by atoms with Gasteiger partial charge < -0.3 is 5.32 Å². The number of rotatable bonds is 3. The van der Waals surface area contributed by atoms with E-state index in [1.54, 1.807) is 12.1 Å². The highest BCUT2D eigenvalue weighted by molar-refractivity contribution is 8.13. The maximum atomic E-state index is 12.0. The SMILES string of the molecule is Cc1ccc(NC(=O)c2sccc2S(=O)(=O)Cl)cc1. The summed E-state index contributed by atoms with van der Waals surface area (Å²) in [6.07, 6.45) is 0. The van der Waals surface area contributed by atoms with E-state index in [0.29, 0.717) is 5.69 Å². The first-order valence-corrected chi connectivity index (χ1v) is 8.47. The fourth-order valence-corrected chi connectivity index (χ4v) is 3.79. The molecule has 0 bridgehead atoms. The van der Waals surface area contributed by atoms with Crippen molar-refractivity contribution in [2.45, 2.75) is 11.8 Å². The monoisotopic (exact) mass is 315 g/mol. The first-order valence-electron chi connectivity index (χ1n) is 5.28. The van der Waals surface area contributed by atoms with E-state index in [1.807, 2.05) is 19.1 Å². The molecule has 0 atom stereocenters. The quantitative estimate of drug-likeness (QED) is 0.884. The van der Waals surface area contributed by atoms with Crippen molar-refractivity contribution in [3.8, 4) is 0 Å². The van der Waals surface area contributed by atoms with Crippen LogP contribution in [0.3, 0.4) is 0 Å². The van der Waals surface area contributed by atoms with E-state index in [0.717, 1.165) is 16.9 Å². The van der Waals surface area contributed by atoms with Gasteiger partial charge in [-0.15, -0.1) is 11.3 Å². The lowest BCUT2D eigenvalue weighted by atomic mass is 10.2. The number of hydrogen-bond acceptors (Lipinski definition) is 4. The lowest BCUT2D eigenvalue weighted by molar-refractivity contribution is 0.102. The van der Waals surface area contributed by atoms with Gasteiger partial charge in [-0.25, -0.2) is 8.42 Å². The predicted octanol–water partition coefficient (Wildman–Crippen LogP) is 3.24. The first-order chi connectivity index (χ1) is 8.88. The van der Waals surface area contributed by atoms with E-state index < -0.39 is 15.0 Å². The average molecular weight is 316 g/mol. The molecule has 0 saturated heterocycles. The molecule has 0 unspecified atom stereocenters. The number of nitrogens with one attached hydrogen (secondary N) is 1. The summed E-state index contributed by atoms with van der Waals surface area (Å²) in [5, 5.41) is 4.15. The van der Waals surface area contributed by atoms with Crippen molar-refractivity contribution in [2.24, 2.45) is 0 Å². The number of thiophene rings is 1. The minimum atomic E-state index is -3.91. The van der Waals surface area contributed by atoms with Gasteiger partial charge in [-0.3, -0.25) is 4.79 Å². The van der Waals surface area contributed by atoms with Crippen molar-refractivity contribution in [3.63, 3.8) is 0 Å². The minimum absolute atomic E-state index is 0.0792. The summed E-state index contributed by atoms with van der Waals surface area (Å²) in [4.78, 5) is 11.9. The molecule has 4 nitrogen and oxygen atoms in total. The molecule has 1 aromatic heterocycles. The van der Waals surface area contributed by atoms with Crippen LogP contribution in [0.2, 0.25) is 0 Å². The number of carbonyl (C=O) groups excluding carboxylic acids is 1. The molecule has 7 heteroatoms. The molecular formula is C12H10ClNO3S2. The third-order valence-electron chi connectivity index (χ3n) is 2.41. The van der Waals surface area contributed by atoms with Crippen LogP contribution in [0.25, 0.3) is 0 Å². The summed E-state index contributed by atoms with van der Waals surface area (Å²) in [5.41, 5.74) is 1.67. The van der Waals surface area contributed by atoms with Crippen LogP contribution in [0, 0.1) is 6.92 Å². The van der Waals surface area contributed by atoms with E-state index in [9.17, 15) is 13.2 Å². The van der Waals surface area contributed by atoms with E-state index in [2.05, 4.69) is 5.32 Å². The zero-order chi connectivity index (χ0) is 14.0. The van der Waals surface area contributed by atoms with Crippen molar-refractivity contribution < 1.29 is 13.2 Å². The molecule has 1 aromatic carbocycles. The van der Waals surface area contributed by atoms with Gasteiger partial charge in [-0.2, -0.15) is 0 Å². The molecule has 0 radical (unpaired) electrons. The van der Waals surface area contributed by atoms with Crippen LogP contribution in [-0.2, 0) is 9.05 Å². The van der Waals surface area contributed by atoms with Gasteiger partial charge in [0, 0.05) is 16.4 Å². The van der Waals surface area contributed by atoms with Crippen LogP contribution in [0.15, 0.2) is 40.6 Å². The van der Waals surface area contributed by atoms with Crippen molar-refractivity contribution in [2.75, 3.05) is 5.32 Å². The standard InChI is InChI=1S/C12H10ClNO3S2/c1-8-2-4-9(5-3-8)14-12(15)11-10(6-7-18-11)19(13,16)17/h2-7H,1H3,(H,14,15). The second-order valence-corrected chi connectivity index (χ2v) is 7.32. The Kier molecular flexibility index (Phi) is 3.93. The second kappa shape index (κ2) is 5.32. The van der Waals surface area contributed by atoms with Gasteiger partial charge in [0.05, 0.1) is 0 Å². The third kappa shape index (κ3) is 3.34. The fraction of sp³-hybridized carbons (Fsp3) is 0.0833. The number of carbonyl (C=O) groups is 1. The van der Waals surface area contributed by atoms with E-state index in [4.69, 9.17) is 10.7 Å². The normalized spacial score (nSPS) is 11.3. The predicted molar refractivity (Wildman–Crippen MR) is 76.5 cm³/mol. The largest absolute Gasteiger partial charge is 0.321 e. The highest BCUT2D eigenvalue weighted by Gasteiger charge is 2.22. The summed E-state index contributed by atoms with van der Waals surface area (Å²) in [7, 11) is 1.36. The molecule has 0 aliphatic rings. The summed E-state index contributed by atoms with van der Waals surface area (Å²) in [5.74, 6) is -0.488. The summed E-state index contributed by atoms with van der Waals surface area (Å²) in [6, 6.07) is 8.51. The molecule has 0 aliphatic heterocycles. The molecule has 0 aliphatic carbocycles. The fourth-order valence-electron chi connectivity index (χ4n) is 1.48. The van der Waals surface area contributed by atoms with Gasteiger partial charge in [0.15, 0.2) is 0 Å². The molecule has 2 aromatic rings. The van der Waals surface area contributed by atoms with Crippen LogP contribution in [0.1, 0.15) is 15.2 Å². The molecule has 0 fully saturated rings. The van der Waals surface area contributed by atoms with Crippen molar-refractivity contribution in [1.29, 1.82) is 0 Å². The first kappa shape index (κ1) is 14.0. The Morgan fingerprint density at radius 2 is 1.84 bits per heavy atom. The number of aryl methyl sites for hydroxylation is 1. The van der Waals surface area contributed by atoms with Gasteiger partial charge in [0.1, 0.15) is 9.77 Å². The summed E-state index contributed by atoms with van der Waals surface area (Å²) >= 11 is 1.03. The molecule has 1 N–H and O–H groups in total. The number of hydrogen-bond donors (Lipinski definition) is 1. The summed E-state index contributed by atoms with van der Waals surface area (Å²) in [6.45, 7) is 1.93. The molecule has 1 amide bonds. The number of benzene rings is 1. The van der Waals surface area contributed by atoms with E-state index in [-0.39, 0.29) is 9.77 Å². The van der Waals surface area contributed by atoms with Crippen molar-refractivity contribution in [1.82, 2.24) is 0 Å². The van der Waals surface area contributed by atoms with Crippen molar-refractivity contribution in [3.05, 3.63) is 46.2 Å². The van der Waals surface area contributed by atoms with Gasteiger partial charge in [-0.05, 0) is 30.5 Å². The summed E-state index contributed by atoms with van der Waals surface area (Å²) < 4.78 is 22.6. The number of halogens is 1. The minimum Gasteiger partial charge on any atom is -0.321 e. The molecule has 0 spiro atoms. The molecule has 100 valence electrons. The van der Waals surface area contributed by atoms with E-state index in [1.165, 1.54) is 11.4 Å². The molecule has 1 heterocycles. The zero-order valence-electron chi connectivity index (χ0n) is 9.88. The Bertz CT molecular complexity index is 705. The van der Waals surface area contributed by atoms with Crippen LogP contribution in [0.4, 0.5) is 5.69 Å². The Balaban J connectivity index is 2.26. The zero-order valence-corrected chi connectivity index (χ0v) is 12.3. The topological polar surface area (TPSA) is 63.2 Å². The van der Waals surface area contributed by atoms with Gasteiger partial charge in [0.2, 0.25) is 0 Å². The van der Waals surface area contributed by atoms with Gasteiger partial charge in [0.25, 0.3) is 15.0 Å². The Morgan fingerprint density at radius 1 is 1.21 bits per heavy atom. The van der Waals surface area contributed by atoms with Crippen molar-refractivity contribution >= 4 is 42.7 Å². The third-order valence-corrected chi connectivity index (χ3v) is 4.81. The Morgan fingerprint density at radius 3 is 2.42 bits per heavy atom. The van der Waals surface area contributed by atoms with Crippen LogP contribution >= 0.6 is 22.0 Å². The van der Waals surface area contributed by atoms with E-state index >= 15 is 0 Å². The Hall–Kier alpha value is -1.37.